The van der Waals surface area contributed by atoms with Gasteiger partial charge in [-0.3, -0.25) is 9.48 Å². The van der Waals surface area contributed by atoms with Crippen LogP contribution >= 0.6 is 0 Å². The molecule has 5 rings (SSSR count). The molecular formula is C17H25N5O2. The standard InChI is InChI=1S/C17H25N5O2/c1-2-22-9-13(14(21-22)15(18)23)19-16(24)20-17-6-10-3-11(7-17)5-12(4-10)8-17/h9-12H,2-8H2,1H3,(H2,18,23)(H2,19,20,24). The van der Waals surface area contributed by atoms with Crippen LogP contribution in [0.1, 0.15) is 55.9 Å². The van der Waals surface area contributed by atoms with E-state index < -0.39 is 5.91 Å². The largest absolute Gasteiger partial charge is 0.364 e. The number of nitrogens with one attached hydrogen (secondary N) is 2. The average molecular weight is 331 g/mol. The number of carbonyl (C=O) groups excluding carboxylic acids is 2. The second-order valence-electron chi connectivity index (χ2n) is 7.89. The molecule has 4 bridgehead atoms. The lowest BCUT2D eigenvalue weighted by Crippen LogP contribution is -2.60. The van der Waals surface area contributed by atoms with E-state index in [1.807, 2.05) is 6.92 Å². The number of rotatable bonds is 4. The Morgan fingerprint density at radius 1 is 1.25 bits per heavy atom. The molecule has 4 fully saturated rings. The smallest absolute Gasteiger partial charge is 0.319 e. The number of amides is 3. The zero-order chi connectivity index (χ0) is 16.9. The molecule has 0 saturated heterocycles. The van der Waals surface area contributed by atoms with Gasteiger partial charge in [0.15, 0.2) is 5.69 Å². The first-order valence-corrected chi connectivity index (χ1v) is 8.93. The number of aryl methyl sites for hydroxylation is 1. The summed E-state index contributed by atoms with van der Waals surface area (Å²) < 4.78 is 1.60. The summed E-state index contributed by atoms with van der Waals surface area (Å²) in [5.41, 5.74) is 5.79. The Balaban J connectivity index is 1.48. The summed E-state index contributed by atoms with van der Waals surface area (Å²) in [6.07, 6.45) is 8.91. The topological polar surface area (TPSA) is 102 Å². The van der Waals surface area contributed by atoms with E-state index in [-0.39, 0.29) is 17.3 Å². The zero-order valence-corrected chi connectivity index (χ0v) is 14.0. The third-order valence-corrected chi connectivity index (χ3v) is 5.98. The first-order valence-electron chi connectivity index (χ1n) is 8.93. The summed E-state index contributed by atoms with van der Waals surface area (Å²) in [6.45, 7) is 2.52. The average Bonchev–Trinajstić information content (AvgIpc) is 2.88. The van der Waals surface area contributed by atoms with Crippen molar-refractivity contribution in [1.29, 1.82) is 0 Å². The van der Waals surface area contributed by atoms with Gasteiger partial charge in [-0.15, -0.1) is 0 Å². The first-order chi connectivity index (χ1) is 11.5. The van der Waals surface area contributed by atoms with Crippen molar-refractivity contribution in [1.82, 2.24) is 15.1 Å². The molecule has 0 spiro atoms. The maximum Gasteiger partial charge on any atom is 0.319 e. The van der Waals surface area contributed by atoms with Gasteiger partial charge in [-0.2, -0.15) is 5.10 Å². The molecule has 4 saturated carbocycles. The second kappa shape index (κ2) is 5.50. The molecule has 1 aromatic rings. The van der Waals surface area contributed by atoms with Gasteiger partial charge in [-0.1, -0.05) is 0 Å². The number of hydrogen-bond donors (Lipinski definition) is 3. The highest BCUT2D eigenvalue weighted by Gasteiger charge is 2.51. The van der Waals surface area contributed by atoms with Crippen molar-refractivity contribution in [2.24, 2.45) is 23.5 Å². The van der Waals surface area contributed by atoms with Crippen LogP contribution < -0.4 is 16.4 Å². The molecule has 4 aliphatic rings. The molecular weight excluding hydrogens is 306 g/mol. The maximum absolute atomic E-state index is 12.6. The van der Waals surface area contributed by atoms with Gasteiger partial charge in [0, 0.05) is 18.3 Å². The number of urea groups is 1. The lowest BCUT2D eigenvalue weighted by molar-refractivity contribution is -0.0127. The van der Waals surface area contributed by atoms with Gasteiger partial charge in [-0.25, -0.2) is 4.79 Å². The van der Waals surface area contributed by atoms with Crippen molar-refractivity contribution in [3.05, 3.63) is 11.9 Å². The summed E-state index contributed by atoms with van der Waals surface area (Å²) in [7, 11) is 0. The molecule has 7 heteroatoms. The minimum absolute atomic E-state index is 0.0630. The fourth-order valence-electron chi connectivity index (χ4n) is 5.51. The normalized spacial score (nSPS) is 33.5. The number of aromatic nitrogens is 2. The van der Waals surface area contributed by atoms with Crippen LogP contribution in [0.25, 0.3) is 0 Å². The van der Waals surface area contributed by atoms with Crippen molar-refractivity contribution in [3.8, 4) is 0 Å². The molecule has 1 aromatic heterocycles. The number of nitrogens with two attached hydrogens (primary N) is 1. The van der Waals surface area contributed by atoms with Crippen molar-refractivity contribution in [2.75, 3.05) is 5.32 Å². The van der Waals surface area contributed by atoms with Crippen LogP contribution in [0.5, 0.6) is 0 Å². The molecule has 0 radical (unpaired) electrons. The molecule has 0 atom stereocenters. The molecule has 4 aliphatic carbocycles. The molecule has 1 heterocycles. The van der Waals surface area contributed by atoms with E-state index in [1.54, 1.807) is 10.9 Å². The Bertz CT molecular complexity index is 645. The molecule has 7 nitrogen and oxygen atoms in total. The predicted octanol–water partition coefficient (Wildman–Crippen LogP) is 2.09. The Hall–Kier alpha value is -2.05. The number of primary amides is 1. The van der Waals surface area contributed by atoms with Crippen molar-refractivity contribution >= 4 is 17.6 Å². The number of carbonyl (C=O) groups is 2. The summed E-state index contributed by atoms with van der Waals surface area (Å²) in [5.74, 6) is 1.66. The van der Waals surface area contributed by atoms with Crippen LogP contribution in [0.2, 0.25) is 0 Å². The molecule has 0 aliphatic heterocycles. The third-order valence-electron chi connectivity index (χ3n) is 5.98. The van der Waals surface area contributed by atoms with E-state index in [4.69, 9.17) is 5.73 Å². The second-order valence-corrected chi connectivity index (χ2v) is 7.89. The Morgan fingerprint density at radius 2 is 1.83 bits per heavy atom. The minimum Gasteiger partial charge on any atom is -0.364 e. The summed E-state index contributed by atoms with van der Waals surface area (Å²) >= 11 is 0. The summed E-state index contributed by atoms with van der Waals surface area (Å²) in [4.78, 5) is 24.1. The highest BCUT2D eigenvalue weighted by atomic mass is 16.2. The van der Waals surface area contributed by atoms with Crippen LogP contribution in [0.3, 0.4) is 0 Å². The van der Waals surface area contributed by atoms with E-state index in [1.165, 1.54) is 19.3 Å². The van der Waals surface area contributed by atoms with Crippen LogP contribution in [0.15, 0.2) is 6.20 Å². The Kier molecular flexibility index (Phi) is 3.54. The van der Waals surface area contributed by atoms with Gasteiger partial charge in [-0.05, 0) is 63.2 Å². The highest BCUT2D eigenvalue weighted by molar-refractivity contribution is 6.01. The van der Waals surface area contributed by atoms with Crippen molar-refractivity contribution in [3.63, 3.8) is 0 Å². The number of hydrogen-bond acceptors (Lipinski definition) is 3. The molecule has 3 amide bonds. The fourth-order valence-corrected chi connectivity index (χ4v) is 5.51. The van der Waals surface area contributed by atoms with Gasteiger partial charge >= 0.3 is 6.03 Å². The van der Waals surface area contributed by atoms with E-state index in [2.05, 4.69) is 15.7 Å². The number of nitrogens with zero attached hydrogens (tertiary/aromatic N) is 2. The molecule has 0 aromatic carbocycles. The molecule has 4 N–H and O–H groups in total. The van der Waals surface area contributed by atoms with Crippen LogP contribution in [0.4, 0.5) is 10.5 Å². The van der Waals surface area contributed by atoms with Crippen molar-refractivity contribution < 1.29 is 9.59 Å². The molecule has 130 valence electrons. The molecule has 24 heavy (non-hydrogen) atoms. The minimum atomic E-state index is -0.632. The monoisotopic (exact) mass is 331 g/mol. The van der Waals surface area contributed by atoms with Gasteiger partial charge in [0.05, 0.1) is 5.69 Å². The van der Waals surface area contributed by atoms with E-state index in [9.17, 15) is 9.59 Å². The third kappa shape index (κ3) is 2.65. The lowest BCUT2D eigenvalue weighted by Gasteiger charge is -2.56. The molecule has 0 unspecified atom stereocenters. The van der Waals surface area contributed by atoms with Gasteiger partial charge in [0.2, 0.25) is 0 Å². The van der Waals surface area contributed by atoms with E-state index in [0.29, 0.717) is 12.2 Å². The van der Waals surface area contributed by atoms with Gasteiger partial charge in [0.25, 0.3) is 5.91 Å². The SMILES string of the molecule is CCn1cc(NC(=O)NC23CC4CC(CC(C4)C2)C3)c(C(N)=O)n1. The van der Waals surface area contributed by atoms with Gasteiger partial charge in [0.1, 0.15) is 0 Å². The number of anilines is 1. The van der Waals surface area contributed by atoms with Crippen LogP contribution in [-0.4, -0.2) is 27.3 Å². The summed E-state index contributed by atoms with van der Waals surface area (Å²) in [5, 5.41) is 10.1. The van der Waals surface area contributed by atoms with E-state index >= 15 is 0 Å². The highest BCUT2D eigenvalue weighted by Crippen LogP contribution is 2.55. The Morgan fingerprint density at radius 3 is 2.33 bits per heavy atom. The first kappa shape index (κ1) is 15.5. The Labute approximate surface area is 141 Å². The van der Waals surface area contributed by atoms with Gasteiger partial charge < -0.3 is 16.4 Å². The van der Waals surface area contributed by atoms with Crippen molar-refractivity contribution in [2.45, 2.75) is 57.5 Å². The zero-order valence-electron chi connectivity index (χ0n) is 14.0. The van der Waals surface area contributed by atoms with E-state index in [0.717, 1.165) is 37.0 Å². The quantitative estimate of drug-likeness (QED) is 0.787. The lowest BCUT2D eigenvalue weighted by atomic mass is 9.53. The predicted molar refractivity (Wildman–Crippen MR) is 89.5 cm³/mol. The summed E-state index contributed by atoms with van der Waals surface area (Å²) in [6, 6.07) is -0.255. The van der Waals surface area contributed by atoms with Crippen LogP contribution in [0, 0.1) is 17.8 Å². The maximum atomic E-state index is 12.6. The van der Waals surface area contributed by atoms with Crippen LogP contribution in [-0.2, 0) is 6.54 Å². The fraction of sp³-hybridized carbons (Fsp3) is 0.706.